The number of halogens is 1. The van der Waals surface area contributed by atoms with Gasteiger partial charge in [0.15, 0.2) is 11.5 Å². The van der Waals surface area contributed by atoms with Gasteiger partial charge in [0.2, 0.25) is 0 Å². The lowest BCUT2D eigenvalue weighted by Gasteiger charge is -2.14. The number of nitrogens with zero attached hydrogens (tertiary/aromatic N) is 1. The van der Waals surface area contributed by atoms with Gasteiger partial charge in [0, 0.05) is 22.6 Å². The number of methoxy groups -OCH3 is 3. The highest BCUT2D eigenvalue weighted by atomic mass is 79.9. The second-order valence-electron chi connectivity index (χ2n) is 8.48. The van der Waals surface area contributed by atoms with Crippen molar-refractivity contribution in [3.8, 4) is 29.1 Å². The summed E-state index contributed by atoms with van der Waals surface area (Å²) in [6, 6.07) is 25.0. The normalized spacial score (nSPS) is 11.0. The fourth-order valence-corrected chi connectivity index (χ4v) is 4.52. The number of carbonyl (C=O) groups excluding carboxylic acids is 1. The van der Waals surface area contributed by atoms with Gasteiger partial charge in [-0.25, -0.2) is 0 Å². The van der Waals surface area contributed by atoms with Gasteiger partial charge in [-0.15, -0.1) is 0 Å². The van der Waals surface area contributed by atoms with Crippen LogP contribution in [0.15, 0.2) is 82.8 Å². The molecular formula is C31H27BrN2O5. The first-order valence-corrected chi connectivity index (χ1v) is 12.8. The number of benzene rings is 4. The number of carbonyl (C=O) groups is 1. The molecule has 0 atom stereocenters. The third kappa shape index (κ3) is 6.51. The Morgan fingerprint density at radius 1 is 0.897 bits per heavy atom. The molecule has 0 heterocycles. The molecule has 0 spiro atoms. The number of ether oxygens (including phenoxy) is 4. The minimum atomic E-state index is -0.516. The molecule has 7 nitrogen and oxygen atoms in total. The minimum absolute atomic E-state index is 0.0605. The van der Waals surface area contributed by atoms with Crippen LogP contribution in [0.1, 0.15) is 16.7 Å². The Bertz CT molecular complexity index is 1570. The van der Waals surface area contributed by atoms with Crippen LogP contribution < -0.4 is 24.3 Å². The van der Waals surface area contributed by atoms with E-state index in [1.165, 1.54) is 6.08 Å². The molecule has 0 bridgehead atoms. The maximum Gasteiger partial charge on any atom is 0.262 e. The van der Waals surface area contributed by atoms with Crippen LogP contribution in [0, 0.1) is 11.3 Å². The zero-order valence-corrected chi connectivity index (χ0v) is 23.4. The van der Waals surface area contributed by atoms with E-state index in [0.29, 0.717) is 39.6 Å². The van der Waals surface area contributed by atoms with Gasteiger partial charge in [-0.1, -0.05) is 58.4 Å². The summed E-state index contributed by atoms with van der Waals surface area (Å²) in [5, 5.41) is 14.7. The number of nitriles is 1. The lowest BCUT2D eigenvalue weighted by atomic mass is 10.1. The molecule has 8 heteroatoms. The van der Waals surface area contributed by atoms with E-state index in [2.05, 4.69) is 39.4 Å². The molecule has 0 radical (unpaired) electrons. The smallest absolute Gasteiger partial charge is 0.262 e. The van der Waals surface area contributed by atoms with E-state index in [0.717, 1.165) is 21.9 Å². The van der Waals surface area contributed by atoms with Crippen molar-refractivity contribution in [2.75, 3.05) is 21.3 Å². The van der Waals surface area contributed by atoms with Crippen LogP contribution in [0.5, 0.6) is 23.0 Å². The first kappa shape index (κ1) is 27.6. The summed E-state index contributed by atoms with van der Waals surface area (Å²) in [5.41, 5.74) is 2.33. The third-order valence-electron chi connectivity index (χ3n) is 6.14. The van der Waals surface area contributed by atoms with Gasteiger partial charge in [-0.2, -0.15) is 5.26 Å². The molecule has 0 aliphatic carbocycles. The Balaban J connectivity index is 1.51. The number of fused-ring (bicyclic) bond motifs is 1. The van der Waals surface area contributed by atoms with Gasteiger partial charge in [0.05, 0.1) is 21.3 Å². The van der Waals surface area contributed by atoms with Crippen LogP contribution in [-0.2, 0) is 17.9 Å². The predicted molar refractivity (Wildman–Crippen MR) is 154 cm³/mol. The fourth-order valence-electron chi connectivity index (χ4n) is 4.08. The summed E-state index contributed by atoms with van der Waals surface area (Å²) in [6.45, 7) is 0.524. The molecule has 0 saturated carbocycles. The molecule has 1 amide bonds. The zero-order chi connectivity index (χ0) is 27.8. The van der Waals surface area contributed by atoms with Crippen molar-refractivity contribution in [1.29, 1.82) is 5.26 Å². The highest BCUT2D eigenvalue weighted by molar-refractivity contribution is 9.10. The first-order chi connectivity index (χ1) is 19.0. The molecular weight excluding hydrogens is 560 g/mol. The summed E-state index contributed by atoms with van der Waals surface area (Å²) in [6.07, 6.45) is 1.50. The maximum absolute atomic E-state index is 12.8. The summed E-state index contributed by atoms with van der Waals surface area (Å²) in [5.74, 6) is 1.71. The van der Waals surface area contributed by atoms with Crippen LogP contribution in [0.3, 0.4) is 0 Å². The second kappa shape index (κ2) is 12.9. The standard InChI is InChI=1S/C31H27BrN2O5/c1-36-25-12-11-21(28(15-25)37-2)18-34-31(35)24(17-33)13-23-14-29(38-3)30(16-27(23)32)39-19-22-9-6-8-20-7-4-5-10-26(20)22/h4-16H,18-19H2,1-3H3,(H,34,35)/b24-13+. The van der Waals surface area contributed by atoms with E-state index in [1.54, 1.807) is 51.7 Å². The molecule has 0 aliphatic rings. The Morgan fingerprint density at radius 2 is 1.67 bits per heavy atom. The van der Waals surface area contributed by atoms with Crippen molar-refractivity contribution < 1.29 is 23.7 Å². The Kier molecular flexibility index (Phi) is 9.08. The number of rotatable bonds is 10. The minimum Gasteiger partial charge on any atom is -0.497 e. The summed E-state index contributed by atoms with van der Waals surface area (Å²) < 4.78 is 22.9. The van der Waals surface area contributed by atoms with E-state index in [4.69, 9.17) is 18.9 Å². The Labute approximate surface area is 235 Å². The van der Waals surface area contributed by atoms with Crippen LogP contribution in [0.4, 0.5) is 0 Å². The fraction of sp³-hybridized carbons (Fsp3) is 0.161. The maximum atomic E-state index is 12.8. The second-order valence-corrected chi connectivity index (χ2v) is 9.34. The Morgan fingerprint density at radius 3 is 2.41 bits per heavy atom. The number of hydrogen-bond donors (Lipinski definition) is 1. The molecule has 0 fully saturated rings. The number of nitrogens with one attached hydrogen (secondary N) is 1. The van der Waals surface area contributed by atoms with Crippen molar-refractivity contribution >= 4 is 38.7 Å². The highest BCUT2D eigenvalue weighted by Gasteiger charge is 2.15. The first-order valence-electron chi connectivity index (χ1n) is 12.0. The third-order valence-corrected chi connectivity index (χ3v) is 6.83. The van der Waals surface area contributed by atoms with Gasteiger partial charge in [-0.3, -0.25) is 4.79 Å². The van der Waals surface area contributed by atoms with Crippen molar-refractivity contribution in [3.63, 3.8) is 0 Å². The number of amides is 1. The predicted octanol–water partition coefficient (Wildman–Crippen LogP) is 6.43. The van der Waals surface area contributed by atoms with Gasteiger partial charge >= 0.3 is 0 Å². The summed E-state index contributed by atoms with van der Waals surface area (Å²) in [7, 11) is 4.65. The average molecular weight is 587 g/mol. The van der Waals surface area contributed by atoms with Crippen molar-refractivity contribution in [1.82, 2.24) is 5.32 Å². The van der Waals surface area contributed by atoms with E-state index in [-0.39, 0.29) is 12.1 Å². The monoisotopic (exact) mass is 586 g/mol. The SMILES string of the molecule is COc1ccc(CNC(=O)/C(C#N)=C/c2cc(OC)c(OCc3cccc4ccccc34)cc2Br)c(OC)c1. The van der Waals surface area contributed by atoms with Gasteiger partial charge in [0.1, 0.15) is 29.7 Å². The van der Waals surface area contributed by atoms with Gasteiger partial charge in [0.25, 0.3) is 5.91 Å². The van der Waals surface area contributed by atoms with Crippen LogP contribution in [0.25, 0.3) is 16.8 Å². The van der Waals surface area contributed by atoms with Crippen molar-refractivity contribution in [3.05, 3.63) is 99.5 Å². The van der Waals surface area contributed by atoms with Gasteiger partial charge in [-0.05, 0) is 52.2 Å². The van der Waals surface area contributed by atoms with Crippen molar-refractivity contribution in [2.45, 2.75) is 13.2 Å². The summed E-state index contributed by atoms with van der Waals surface area (Å²) >= 11 is 3.54. The summed E-state index contributed by atoms with van der Waals surface area (Å²) in [4.78, 5) is 12.8. The Hall–Kier alpha value is -4.48. The molecule has 4 aromatic rings. The molecule has 4 aromatic carbocycles. The van der Waals surface area contributed by atoms with Crippen LogP contribution in [0.2, 0.25) is 0 Å². The molecule has 0 aromatic heterocycles. The lowest BCUT2D eigenvalue weighted by Crippen LogP contribution is -2.24. The van der Waals surface area contributed by atoms with Crippen LogP contribution >= 0.6 is 15.9 Å². The quantitative estimate of drug-likeness (QED) is 0.170. The van der Waals surface area contributed by atoms with E-state index < -0.39 is 5.91 Å². The molecule has 39 heavy (non-hydrogen) atoms. The zero-order valence-electron chi connectivity index (χ0n) is 21.8. The average Bonchev–Trinajstić information content (AvgIpc) is 2.98. The van der Waals surface area contributed by atoms with E-state index in [1.807, 2.05) is 30.3 Å². The molecule has 198 valence electrons. The molecule has 4 rings (SSSR count). The van der Waals surface area contributed by atoms with E-state index in [9.17, 15) is 10.1 Å². The molecule has 0 aliphatic heterocycles. The highest BCUT2D eigenvalue weighted by Crippen LogP contribution is 2.35. The van der Waals surface area contributed by atoms with Crippen LogP contribution in [-0.4, -0.2) is 27.2 Å². The van der Waals surface area contributed by atoms with Crippen molar-refractivity contribution in [2.24, 2.45) is 0 Å². The molecule has 0 saturated heterocycles. The largest absolute Gasteiger partial charge is 0.497 e. The number of hydrogen-bond acceptors (Lipinski definition) is 6. The van der Waals surface area contributed by atoms with Gasteiger partial charge < -0.3 is 24.3 Å². The molecule has 1 N–H and O–H groups in total. The lowest BCUT2D eigenvalue weighted by molar-refractivity contribution is -0.117. The topological polar surface area (TPSA) is 89.8 Å². The molecule has 0 unspecified atom stereocenters. The van der Waals surface area contributed by atoms with E-state index >= 15 is 0 Å².